The van der Waals surface area contributed by atoms with Gasteiger partial charge in [-0.2, -0.15) is 0 Å². The molecule has 0 aromatic heterocycles. The van der Waals surface area contributed by atoms with Crippen LogP contribution in [0.15, 0.2) is 24.3 Å². The molecule has 0 bridgehead atoms. The molecule has 1 aromatic rings. The summed E-state index contributed by atoms with van der Waals surface area (Å²) >= 11 is 0. The quantitative estimate of drug-likeness (QED) is 0.792. The zero-order valence-electron chi connectivity index (χ0n) is 15.6. The van der Waals surface area contributed by atoms with Gasteiger partial charge in [0.25, 0.3) is 0 Å². The van der Waals surface area contributed by atoms with Crippen molar-refractivity contribution < 1.29 is 9.53 Å². The van der Waals surface area contributed by atoms with Gasteiger partial charge in [0, 0.05) is 13.1 Å². The highest BCUT2D eigenvalue weighted by atomic mass is 35.5. The zero-order chi connectivity index (χ0) is 16.9. The molecule has 2 fully saturated rings. The number of ether oxygens (including phenoxy) is 1. The minimum absolute atomic E-state index is 0. The van der Waals surface area contributed by atoms with Gasteiger partial charge >= 0.3 is 0 Å². The zero-order valence-corrected chi connectivity index (χ0v) is 17.2. The molecule has 148 valence electrons. The molecule has 0 saturated carbocycles. The molecular weight excluding hydrogens is 373 g/mol. The van der Waals surface area contributed by atoms with Gasteiger partial charge in [-0.15, -0.1) is 24.8 Å². The highest BCUT2D eigenvalue weighted by molar-refractivity contribution is 5.85. The van der Waals surface area contributed by atoms with E-state index >= 15 is 0 Å². The first-order chi connectivity index (χ1) is 11.6. The largest absolute Gasteiger partial charge is 0.375 e. The van der Waals surface area contributed by atoms with Crippen LogP contribution >= 0.6 is 24.8 Å². The van der Waals surface area contributed by atoms with E-state index in [4.69, 9.17) is 4.74 Å². The molecule has 26 heavy (non-hydrogen) atoms. The number of rotatable bonds is 5. The van der Waals surface area contributed by atoms with Crippen LogP contribution in [0.3, 0.4) is 0 Å². The lowest BCUT2D eigenvalue weighted by molar-refractivity contribution is -0.129. The number of hydrogen-bond acceptors (Lipinski definition) is 4. The molecule has 2 heterocycles. The van der Waals surface area contributed by atoms with Crippen LogP contribution in [0.4, 0.5) is 0 Å². The molecule has 7 heteroatoms. The van der Waals surface area contributed by atoms with E-state index < -0.39 is 0 Å². The molecule has 1 amide bonds. The van der Waals surface area contributed by atoms with E-state index in [-0.39, 0.29) is 48.9 Å². The predicted octanol–water partition coefficient (Wildman–Crippen LogP) is 2.47. The fraction of sp³-hybridized carbons (Fsp3) is 0.632. The molecule has 3 rings (SSSR count). The Labute approximate surface area is 169 Å². The van der Waals surface area contributed by atoms with E-state index in [0.717, 1.165) is 19.6 Å². The van der Waals surface area contributed by atoms with Crippen LogP contribution in [0.2, 0.25) is 0 Å². The Balaban J connectivity index is 0.00000169. The summed E-state index contributed by atoms with van der Waals surface area (Å²) in [7, 11) is 0. The first-order valence-corrected chi connectivity index (χ1v) is 9.08. The Morgan fingerprint density at radius 2 is 1.92 bits per heavy atom. The number of likely N-dealkylation sites (tertiary alicyclic amines) is 1. The number of aryl methyl sites for hydroxylation is 1. The molecule has 0 spiro atoms. The Hall–Kier alpha value is -0.850. The van der Waals surface area contributed by atoms with Gasteiger partial charge in [-0.25, -0.2) is 0 Å². The van der Waals surface area contributed by atoms with Crippen molar-refractivity contribution in [3.63, 3.8) is 0 Å². The number of benzene rings is 1. The molecule has 5 nitrogen and oxygen atoms in total. The topological polar surface area (TPSA) is 53.6 Å². The number of nitrogens with zero attached hydrogens (tertiary/aromatic N) is 1. The van der Waals surface area contributed by atoms with E-state index in [2.05, 4.69) is 46.7 Å². The van der Waals surface area contributed by atoms with E-state index in [1.807, 2.05) is 6.92 Å². The lowest BCUT2D eigenvalue weighted by Crippen LogP contribution is -2.56. The monoisotopic (exact) mass is 403 g/mol. The van der Waals surface area contributed by atoms with Crippen molar-refractivity contribution in [1.82, 2.24) is 15.5 Å². The first-order valence-electron chi connectivity index (χ1n) is 9.08. The van der Waals surface area contributed by atoms with Crippen molar-refractivity contribution in [2.24, 2.45) is 0 Å². The summed E-state index contributed by atoms with van der Waals surface area (Å²) in [6.45, 7) is 8.32. The van der Waals surface area contributed by atoms with E-state index in [1.165, 1.54) is 24.0 Å². The van der Waals surface area contributed by atoms with Gasteiger partial charge in [-0.3, -0.25) is 9.69 Å². The van der Waals surface area contributed by atoms with Gasteiger partial charge in [-0.05, 0) is 45.3 Å². The third kappa shape index (κ3) is 5.83. The summed E-state index contributed by atoms with van der Waals surface area (Å²) in [5.74, 6) is 0.0403. The SMILES string of the molecule is Cc1ccc(C(CNC(=O)[C@H]2NCCO[C@@H]2C)N2CCCC2)cc1.Cl.Cl. The summed E-state index contributed by atoms with van der Waals surface area (Å²) in [5.41, 5.74) is 2.55. The number of halogens is 2. The standard InChI is InChI=1S/C19H29N3O2.2ClH/c1-14-5-7-16(8-6-14)17(22-10-3-4-11-22)13-21-19(23)18-15(2)24-12-9-20-18;;/h5-8,15,17-18,20H,3-4,9-13H2,1-2H3,(H,21,23);2*1H/t15-,17?,18+;;/m1../s1. The third-order valence-electron chi connectivity index (χ3n) is 5.11. The number of carbonyl (C=O) groups is 1. The number of hydrogen-bond donors (Lipinski definition) is 2. The van der Waals surface area contributed by atoms with Crippen LogP contribution in [-0.4, -0.2) is 55.7 Å². The van der Waals surface area contributed by atoms with Gasteiger partial charge in [0.05, 0.1) is 18.8 Å². The van der Waals surface area contributed by atoms with Crippen LogP contribution in [-0.2, 0) is 9.53 Å². The lowest BCUT2D eigenvalue weighted by atomic mass is 10.0. The van der Waals surface area contributed by atoms with Crippen LogP contribution in [0.25, 0.3) is 0 Å². The number of carbonyl (C=O) groups excluding carboxylic acids is 1. The molecule has 2 aliphatic rings. The summed E-state index contributed by atoms with van der Waals surface area (Å²) in [6.07, 6.45) is 2.40. The van der Waals surface area contributed by atoms with Crippen molar-refractivity contribution in [3.8, 4) is 0 Å². The Kier molecular flexibility index (Phi) is 9.90. The van der Waals surface area contributed by atoms with Crippen LogP contribution in [0.5, 0.6) is 0 Å². The number of amides is 1. The second-order valence-electron chi connectivity index (χ2n) is 6.92. The Morgan fingerprint density at radius 3 is 2.54 bits per heavy atom. The summed E-state index contributed by atoms with van der Waals surface area (Å²) in [5, 5.41) is 6.41. The average Bonchev–Trinajstić information content (AvgIpc) is 3.11. The van der Waals surface area contributed by atoms with Crippen molar-refractivity contribution in [1.29, 1.82) is 0 Å². The Morgan fingerprint density at radius 1 is 1.27 bits per heavy atom. The van der Waals surface area contributed by atoms with E-state index in [1.54, 1.807) is 0 Å². The van der Waals surface area contributed by atoms with Crippen molar-refractivity contribution in [3.05, 3.63) is 35.4 Å². The molecule has 0 radical (unpaired) electrons. The van der Waals surface area contributed by atoms with Gasteiger partial charge in [0.1, 0.15) is 6.04 Å². The van der Waals surface area contributed by atoms with Crippen LogP contribution in [0.1, 0.15) is 36.9 Å². The van der Waals surface area contributed by atoms with Gasteiger partial charge in [0.15, 0.2) is 0 Å². The highest BCUT2D eigenvalue weighted by Crippen LogP contribution is 2.25. The van der Waals surface area contributed by atoms with Gasteiger partial charge in [0.2, 0.25) is 5.91 Å². The number of morpholine rings is 1. The van der Waals surface area contributed by atoms with E-state index in [9.17, 15) is 4.79 Å². The van der Waals surface area contributed by atoms with E-state index in [0.29, 0.717) is 13.2 Å². The van der Waals surface area contributed by atoms with Crippen molar-refractivity contribution >= 4 is 30.7 Å². The summed E-state index contributed by atoms with van der Waals surface area (Å²) in [4.78, 5) is 15.0. The fourth-order valence-corrected chi connectivity index (χ4v) is 3.63. The molecule has 2 aliphatic heterocycles. The predicted molar refractivity (Wildman–Crippen MR) is 109 cm³/mol. The number of nitrogens with one attached hydrogen (secondary N) is 2. The second-order valence-corrected chi connectivity index (χ2v) is 6.92. The van der Waals surface area contributed by atoms with Crippen molar-refractivity contribution in [2.75, 3.05) is 32.8 Å². The lowest BCUT2D eigenvalue weighted by Gasteiger charge is -2.32. The third-order valence-corrected chi connectivity index (χ3v) is 5.11. The van der Waals surface area contributed by atoms with Crippen LogP contribution < -0.4 is 10.6 Å². The molecule has 1 aromatic carbocycles. The second kappa shape index (κ2) is 11.1. The smallest absolute Gasteiger partial charge is 0.239 e. The molecular formula is C19H31Cl2N3O2. The molecule has 2 saturated heterocycles. The van der Waals surface area contributed by atoms with Crippen LogP contribution in [0, 0.1) is 6.92 Å². The molecule has 3 atom stereocenters. The fourth-order valence-electron chi connectivity index (χ4n) is 3.63. The summed E-state index contributed by atoms with van der Waals surface area (Å²) in [6, 6.07) is 8.68. The Bertz CT molecular complexity index is 550. The minimum Gasteiger partial charge on any atom is -0.375 e. The maximum atomic E-state index is 12.5. The van der Waals surface area contributed by atoms with Gasteiger partial charge < -0.3 is 15.4 Å². The minimum atomic E-state index is -0.254. The first kappa shape index (κ1) is 23.2. The highest BCUT2D eigenvalue weighted by Gasteiger charge is 2.30. The average molecular weight is 404 g/mol. The van der Waals surface area contributed by atoms with Crippen molar-refractivity contribution in [2.45, 2.75) is 44.9 Å². The maximum absolute atomic E-state index is 12.5. The maximum Gasteiger partial charge on any atom is 0.239 e. The molecule has 2 N–H and O–H groups in total. The molecule has 1 unspecified atom stereocenters. The van der Waals surface area contributed by atoms with Gasteiger partial charge in [-0.1, -0.05) is 29.8 Å². The molecule has 0 aliphatic carbocycles. The summed E-state index contributed by atoms with van der Waals surface area (Å²) < 4.78 is 5.58. The normalized spacial score (nSPS) is 24.2.